The molecule has 0 saturated heterocycles. The largest absolute Gasteiger partial charge is 0.355 e. The lowest BCUT2D eigenvalue weighted by Crippen LogP contribution is -2.38. The summed E-state index contributed by atoms with van der Waals surface area (Å²) in [6, 6.07) is 0.450. The van der Waals surface area contributed by atoms with Crippen molar-refractivity contribution in [2.45, 2.75) is 19.5 Å². The van der Waals surface area contributed by atoms with Crippen molar-refractivity contribution >= 4 is 21.9 Å². The number of aromatic nitrogens is 2. The van der Waals surface area contributed by atoms with Crippen molar-refractivity contribution in [3.63, 3.8) is 0 Å². The summed E-state index contributed by atoms with van der Waals surface area (Å²) in [7, 11) is 0. The van der Waals surface area contributed by atoms with E-state index in [2.05, 4.69) is 43.6 Å². The number of nitrogens with zero attached hydrogens (tertiary/aromatic N) is 3. The summed E-state index contributed by atoms with van der Waals surface area (Å²) in [6.07, 6.45) is 3.74. The fourth-order valence-corrected chi connectivity index (χ4v) is 1.74. The minimum Gasteiger partial charge on any atom is -0.355 e. The average molecular weight is 272 g/mol. The van der Waals surface area contributed by atoms with E-state index in [1.165, 1.54) is 0 Å². The van der Waals surface area contributed by atoms with Gasteiger partial charge in [0.1, 0.15) is 0 Å². The first kappa shape index (κ1) is 10.5. The topological polar surface area (TPSA) is 54.2 Å². The van der Waals surface area contributed by atoms with Gasteiger partial charge < -0.3 is 10.6 Å². The third kappa shape index (κ3) is 2.95. The Bertz CT molecular complexity index is 359. The predicted molar refractivity (Wildman–Crippen MR) is 62.8 cm³/mol. The van der Waals surface area contributed by atoms with Gasteiger partial charge in [-0.2, -0.15) is 5.10 Å². The molecule has 0 saturated carbocycles. The highest BCUT2D eigenvalue weighted by molar-refractivity contribution is 9.10. The molecule has 1 aliphatic heterocycles. The molecule has 1 atom stereocenters. The van der Waals surface area contributed by atoms with Crippen LogP contribution in [0.15, 0.2) is 21.9 Å². The summed E-state index contributed by atoms with van der Waals surface area (Å²) >= 11 is 3.36. The molecule has 2 heterocycles. The number of halogens is 1. The number of hydrogen-bond donors (Lipinski definition) is 2. The van der Waals surface area contributed by atoms with Gasteiger partial charge in [-0.1, -0.05) is 0 Å². The van der Waals surface area contributed by atoms with Crippen LogP contribution in [0, 0.1) is 0 Å². The second kappa shape index (κ2) is 4.65. The molecular formula is C9H14BrN5. The number of aliphatic imine (C=N–C) groups is 1. The van der Waals surface area contributed by atoms with Crippen molar-refractivity contribution in [3.05, 3.63) is 16.9 Å². The minimum atomic E-state index is 0.450. The second-order valence-electron chi connectivity index (χ2n) is 3.58. The summed E-state index contributed by atoms with van der Waals surface area (Å²) in [6.45, 7) is 4.63. The summed E-state index contributed by atoms with van der Waals surface area (Å²) in [5.41, 5.74) is 0. The van der Waals surface area contributed by atoms with Gasteiger partial charge in [0.25, 0.3) is 0 Å². The Balaban J connectivity index is 1.71. The van der Waals surface area contributed by atoms with Gasteiger partial charge in [-0.05, 0) is 22.9 Å². The Morgan fingerprint density at radius 1 is 1.73 bits per heavy atom. The van der Waals surface area contributed by atoms with Crippen molar-refractivity contribution in [1.29, 1.82) is 0 Å². The van der Waals surface area contributed by atoms with Gasteiger partial charge in [0.05, 0.1) is 23.8 Å². The van der Waals surface area contributed by atoms with E-state index in [1.807, 2.05) is 10.9 Å². The smallest absolute Gasteiger partial charge is 0.191 e. The first-order valence-corrected chi connectivity index (χ1v) is 5.76. The van der Waals surface area contributed by atoms with Crippen molar-refractivity contribution in [2.75, 3.05) is 13.1 Å². The van der Waals surface area contributed by atoms with E-state index < -0.39 is 0 Å². The van der Waals surface area contributed by atoms with Gasteiger partial charge in [0.15, 0.2) is 5.96 Å². The van der Waals surface area contributed by atoms with E-state index in [0.717, 1.165) is 30.1 Å². The normalized spacial score (nSPS) is 19.9. The maximum absolute atomic E-state index is 4.31. The molecule has 15 heavy (non-hydrogen) atoms. The SMILES string of the molecule is CC1CN=C(NCCn2cc(Br)cn2)N1. The van der Waals surface area contributed by atoms with E-state index in [0.29, 0.717) is 6.04 Å². The van der Waals surface area contributed by atoms with Crippen molar-refractivity contribution < 1.29 is 0 Å². The van der Waals surface area contributed by atoms with Crippen LogP contribution in [0.4, 0.5) is 0 Å². The fraction of sp³-hybridized carbons (Fsp3) is 0.556. The zero-order chi connectivity index (χ0) is 10.7. The first-order valence-electron chi connectivity index (χ1n) is 4.97. The molecule has 1 aliphatic rings. The zero-order valence-corrected chi connectivity index (χ0v) is 10.2. The predicted octanol–water partition coefficient (Wildman–Crippen LogP) is 0.583. The Labute approximate surface area is 97.1 Å². The monoisotopic (exact) mass is 271 g/mol. The van der Waals surface area contributed by atoms with E-state index in [4.69, 9.17) is 0 Å². The second-order valence-corrected chi connectivity index (χ2v) is 4.50. The maximum atomic E-state index is 4.31. The minimum absolute atomic E-state index is 0.450. The molecule has 6 heteroatoms. The lowest BCUT2D eigenvalue weighted by molar-refractivity contribution is 0.598. The van der Waals surface area contributed by atoms with Gasteiger partial charge in [0.2, 0.25) is 0 Å². The third-order valence-corrected chi connectivity index (χ3v) is 2.55. The number of rotatable bonds is 3. The van der Waals surface area contributed by atoms with Crippen LogP contribution in [0.5, 0.6) is 0 Å². The highest BCUT2D eigenvalue weighted by Gasteiger charge is 2.10. The molecule has 0 aromatic carbocycles. The third-order valence-electron chi connectivity index (χ3n) is 2.14. The molecule has 2 rings (SSSR count). The lowest BCUT2D eigenvalue weighted by atomic mass is 10.4. The molecule has 2 N–H and O–H groups in total. The Hall–Kier alpha value is -1.04. The van der Waals surface area contributed by atoms with E-state index in [1.54, 1.807) is 6.20 Å². The van der Waals surface area contributed by atoms with E-state index in [-0.39, 0.29) is 0 Å². The van der Waals surface area contributed by atoms with Crippen LogP contribution < -0.4 is 10.6 Å². The quantitative estimate of drug-likeness (QED) is 0.846. The Morgan fingerprint density at radius 2 is 2.60 bits per heavy atom. The lowest BCUT2D eigenvalue weighted by Gasteiger charge is -2.08. The molecule has 1 aromatic heterocycles. The molecular weight excluding hydrogens is 258 g/mol. The summed E-state index contributed by atoms with van der Waals surface area (Å²) in [5, 5.41) is 10.6. The van der Waals surface area contributed by atoms with Crippen molar-refractivity contribution in [2.24, 2.45) is 4.99 Å². The van der Waals surface area contributed by atoms with Crippen LogP contribution in [-0.4, -0.2) is 34.9 Å². The first-order chi connectivity index (χ1) is 7.24. The van der Waals surface area contributed by atoms with Crippen LogP contribution in [0.25, 0.3) is 0 Å². The van der Waals surface area contributed by atoms with E-state index >= 15 is 0 Å². The number of hydrogen-bond acceptors (Lipinski definition) is 4. The van der Waals surface area contributed by atoms with Crippen molar-refractivity contribution in [1.82, 2.24) is 20.4 Å². The number of guanidine groups is 1. The molecule has 0 bridgehead atoms. The molecule has 0 radical (unpaired) electrons. The van der Waals surface area contributed by atoms with Crippen LogP contribution in [0.3, 0.4) is 0 Å². The highest BCUT2D eigenvalue weighted by atomic mass is 79.9. The van der Waals surface area contributed by atoms with Gasteiger partial charge in [0, 0.05) is 18.8 Å². The summed E-state index contributed by atoms with van der Waals surface area (Å²) < 4.78 is 2.89. The molecule has 1 aromatic rings. The Kier molecular flexibility index (Phi) is 3.25. The average Bonchev–Trinajstić information content (AvgIpc) is 2.76. The molecule has 82 valence electrons. The zero-order valence-electron chi connectivity index (χ0n) is 8.57. The molecule has 0 fully saturated rings. The van der Waals surface area contributed by atoms with Gasteiger partial charge in [-0.15, -0.1) is 0 Å². The molecule has 0 aliphatic carbocycles. The fourth-order valence-electron chi connectivity index (χ4n) is 1.41. The summed E-state index contributed by atoms with van der Waals surface area (Å²) in [4.78, 5) is 4.31. The van der Waals surface area contributed by atoms with Gasteiger partial charge in [-0.25, -0.2) is 0 Å². The van der Waals surface area contributed by atoms with Crippen LogP contribution in [-0.2, 0) is 6.54 Å². The van der Waals surface area contributed by atoms with Crippen molar-refractivity contribution in [3.8, 4) is 0 Å². The van der Waals surface area contributed by atoms with Crippen LogP contribution in [0.2, 0.25) is 0 Å². The standard InChI is InChI=1S/C9H14BrN5/c1-7-4-12-9(14-7)11-2-3-15-6-8(10)5-13-15/h5-7H,2-4H2,1H3,(H2,11,12,14). The Morgan fingerprint density at radius 3 is 3.20 bits per heavy atom. The van der Waals surface area contributed by atoms with Crippen LogP contribution >= 0.6 is 15.9 Å². The van der Waals surface area contributed by atoms with Gasteiger partial charge >= 0.3 is 0 Å². The van der Waals surface area contributed by atoms with Gasteiger partial charge in [-0.3, -0.25) is 9.67 Å². The molecule has 1 unspecified atom stereocenters. The highest BCUT2D eigenvalue weighted by Crippen LogP contribution is 2.05. The molecule has 0 amide bonds. The molecule has 0 spiro atoms. The molecule has 5 nitrogen and oxygen atoms in total. The number of nitrogens with one attached hydrogen (secondary N) is 2. The van der Waals surface area contributed by atoms with Crippen LogP contribution in [0.1, 0.15) is 6.92 Å². The maximum Gasteiger partial charge on any atom is 0.191 e. The summed E-state index contributed by atoms with van der Waals surface area (Å²) in [5.74, 6) is 0.897. The van der Waals surface area contributed by atoms with E-state index in [9.17, 15) is 0 Å².